The second-order valence-corrected chi connectivity index (χ2v) is 11.1. The van der Waals surface area contributed by atoms with E-state index in [9.17, 15) is 27.5 Å². The van der Waals surface area contributed by atoms with Crippen molar-refractivity contribution < 1.29 is 36.6 Å². The van der Waals surface area contributed by atoms with Crippen molar-refractivity contribution in [1.29, 1.82) is 0 Å². The number of carbonyl (C=O) groups excluding carboxylic acids is 1. The first-order chi connectivity index (χ1) is 21.7. The van der Waals surface area contributed by atoms with Gasteiger partial charge in [0.2, 0.25) is 0 Å². The topological polar surface area (TPSA) is 110 Å². The van der Waals surface area contributed by atoms with Crippen LogP contribution in [0.1, 0.15) is 65.9 Å². The number of aliphatic imine (C=N–C) groups is 1. The zero-order valence-electron chi connectivity index (χ0n) is 25.6. The van der Waals surface area contributed by atoms with E-state index >= 15 is 4.39 Å². The van der Waals surface area contributed by atoms with Crippen molar-refractivity contribution >= 4 is 17.8 Å². The Bertz CT molecular complexity index is 1790. The van der Waals surface area contributed by atoms with E-state index in [1.54, 1.807) is 6.07 Å². The lowest BCUT2D eigenvalue weighted by atomic mass is 9.89. The summed E-state index contributed by atoms with van der Waals surface area (Å²) >= 11 is 0. The van der Waals surface area contributed by atoms with Gasteiger partial charge in [-0.2, -0.15) is 0 Å². The van der Waals surface area contributed by atoms with Crippen LogP contribution in [0, 0.1) is 29.1 Å². The number of methoxy groups -OCH3 is 1. The summed E-state index contributed by atoms with van der Waals surface area (Å²) in [6.45, 7) is 4.81. The zero-order valence-corrected chi connectivity index (χ0v) is 25.6. The van der Waals surface area contributed by atoms with E-state index in [4.69, 9.17) is 10.5 Å². The minimum Gasteiger partial charge on any atom is -0.495 e. The molecule has 4 N–H and O–H groups in total. The first kappa shape index (κ1) is 34.0. The molecule has 0 aliphatic rings. The Kier molecular flexibility index (Phi) is 10.4. The predicted molar refractivity (Wildman–Crippen MR) is 165 cm³/mol. The highest BCUT2D eigenvalue weighted by atomic mass is 19.2. The van der Waals surface area contributed by atoms with Crippen molar-refractivity contribution in [2.24, 2.45) is 4.99 Å². The van der Waals surface area contributed by atoms with Gasteiger partial charge in [-0.1, -0.05) is 19.1 Å². The molecular formula is C34H33F5N4O3. The average Bonchev–Trinajstić information content (AvgIpc) is 3.00. The summed E-state index contributed by atoms with van der Waals surface area (Å²) in [7, 11) is 1.40. The molecule has 1 amide bonds. The number of pyridine rings is 1. The molecule has 1 atom stereocenters. The van der Waals surface area contributed by atoms with E-state index in [-0.39, 0.29) is 40.9 Å². The van der Waals surface area contributed by atoms with Crippen LogP contribution in [0.15, 0.2) is 59.6 Å². The zero-order chi connectivity index (χ0) is 33.8. The number of nitrogens with zero attached hydrogens (tertiary/aromatic N) is 2. The summed E-state index contributed by atoms with van der Waals surface area (Å²) in [5, 5.41) is 13.6. The summed E-state index contributed by atoms with van der Waals surface area (Å²) < 4.78 is 78.4. The van der Waals surface area contributed by atoms with Crippen LogP contribution in [0.4, 0.5) is 27.6 Å². The fraction of sp³-hybridized carbons (Fsp3) is 0.265. The molecular weight excluding hydrogens is 607 g/mol. The van der Waals surface area contributed by atoms with Crippen molar-refractivity contribution in [2.45, 2.75) is 38.7 Å². The first-order valence-corrected chi connectivity index (χ1v) is 14.3. The van der Waals surface area contributed by atoms with E-state index in [0.29, 0.717) is 23.7 Å². The highest BCUT2D eigenvalue weighted by Crippen LogP contribution is 2.36. The summed E-state index contributed by atoms with van der Waals surface area (Å²) in [6, 6.07) is 10.2. The number of nitrogens with one attached hydrogen (secondary N) is 1. The number of nitrogen functional groups attached to an aromatic ring is 1. The highest BCUT2D eigenvalue weighted by Gasteiger charge is 2.30. The molecule has 0 saturated carbocycles. The number of ether oxygens (including phenoxy) is 1. The van der Waals surface area contributed by atoms with Gasteiger partial charge >= 0.3 is 0 Å². The summed E-state index contributed by atoms with van der Waals surface area (Å²) in [5.41, 5.74) is 3.74. The number of hydrogen-bond acceptors (Lipinski definition) is 6. The third-order valence-electron chi connectivity index (χ3n) is 7.22. The maximum absolute atomic E-state index is 15.8. The molecule has 0 aliphatic carbocycles. The van der Waals surface area contributed by atoms with Crippen LogP contribution in [0.5, 0.6) is 5.75 Å². The van der Waals surface area contributed by atoms with Gasteiger partial charge in [-0.05, 0) is 62.2 Å². The maximum atomic E-state index is 15.8. The number of hydrogen-bond donors (Lipinski definition) is 3. The van der Waals surface area contributed by atoms with Crippen LogP contribution >= 0.6 is 0 Å². The van der Waals surface area contributed by atoms with Crippen molar-refractivity contribution in [3.05, 3.63) is 112 Å². The van der Waals surface area contributed by atoms with Gasteiger partial charge < -0.3 is 20.9 Å². The molecule has 0 saturated heterocycles. The van der Waals surface area contributed by atoms with Gasteiger partial charge in [0, 0.05) is 53.5 Å². The number of rotatable bonds is 11. The number of anilines is 1. The van der Waals surface area contributed by atoms with Crippen molar-refractivity contribution in [1.82, 2.24) is 10.3 Å². The molecule has 12 heteroatoms. The monoisotopic (exact) mass is 640 g/mol. The number of aliphatic hydroxyl groups is 1. The Hall–Kier alpha value is -4.84. The van der Waals surface area contributed by atoms with E-state index in [0.717, 1.165) is 6.42 Å². The molecule has 242 valence electrons. The Labute approximate surface area is 263 Å². The Balaban J connectivity index is 1.83. The number of aromatic nitrogens is 1. The molecule has 0 spiro atoms. The lowest BCUT2D eigenvalue weighted by Crippen LogP contribution is -2.30. The average molecular weight is 641 g/mol. The number of nitrogens with two attached hydrogens (primary N) is 1. The number of halogens is 5. The van der Waals surface area contributed by atoms with Crippen molar-refractivity contribution in [3.8, 4) is 17.0 Å². The van der Waals surface area contributed by atoms with Gasteiger partial charge in [0.15, 0.2) is 17.5 Å². The smallest absolute Gasteiger partial charge is 0.251 e. The van der Waals surface area contributed by atoms with Gasteiger partial charge in [0.05, 0.1) is 24.1 Å². The van der Waals surface area contributed by atoms with E-state index < -0.39 is 57.8 Å². The van der Waals surface area contributed by atoms with E-state index in [1.807, 2.05) is 6.92 Å². The molecule has 3 aromatic carbocycles. The highest BCUT2D eigenvalue weighted by molar-refractivity contribution is 5.99. The Morgan fingerprint density at radius 2 is 1.78 bits per heavy atom. The molecule has 0 bridgehead atoms. The van der Waals surface area contributed by atoms with Gasteiger partial charge in [0.25, 0.3) is 5.91 Å². The van der Waals surface area contributed by atoms with Crippen LogP contribution in [0.3, 0.4) is 0 Å². The summed E-state index contributed by atoms with van der Waals surface area (Å²) in [5.74, 6) is -7.36. The van der Waals surface area contributed by atoms with Gasteiger partial charge in [0.1, 0.15) is 23.1 Å². The quantitative estimate of drug-likeness (QED) is 0.0736. The third-order valence-corrected chi connectivity index (χ3v) is 7.22. The molecule has 4 rings (SSSR count). The fourth-order valence-electron chi connectivity index (χ4n) is 4.82. The van der Waals surface area contributed by atoms with E-state index in [2.05, 4.69) is 15.3 Å². The minimum absolute atomic E-state index is 0.0224. The molecule has 7 nitrogen and oxygen atoms in total. The SMILES string of the molecule is CCCN=Cc1cc(C(=O)NCC(c2cccc(F)c2)c2cc(C(C)(C)O)c(F)c(-c3cc(F)c(F)cc3F)n2)cc(OC)c1N. The van der Waals surface area contributed by atoms with Gasteiger partial charge in [-0.25, -0.2) is 26.9 Å². The number of carbonyl (C=O) groups is 1. The second kappa shape index (κ2) is 14.1. The minimum atomic E-state index is -1.85. The fourth-order valence-corrected chi connectivity index (χ4v) is 4.82. The normalized spacial score (nSPS) is 12.4. The molecule has 0 fully saturated rings. The molecule has 1 heterocycles. The lowest BCUT2D eigenvalue weighted by molar-refractivity contribution is 0.0743. The lowest BCUT2D eigenvalue weighted by Gasteiger charge is -2.25. The Morgan fingerprint density at radius 3 is 2.43 bits per heavy atom. The molecule has 4 aromatic rings. The van der Waals surface area contributed by atoms with Gasteiger partial charge in [-0.15, -0.1) is 0 Å². The van der Waals surface area contributed by atoms with Crippen LogP contribution in [-0.2, 0) is 5.60 Å². The van der Waals surface area contributed by atoms with Crippen LogP contribution in [0.2, 0.25) is 0 Å². The van der Waals surface area contributed by atoms with Crippen molar-refractivity contribution in [2.75, 3.05) is 25.9 Å². The second-order valence-electron chi connectivity index (χ2n) is 11.1. The number of benzene rings is 3. The van der Waals surface area contributed by atoms with Gasteiger partial charge in [-0.3, -0.25) is 9.79 Å². The molecule has 0 radical (unpaired) electrons. The van der Waals surface area contributed by atoms with Crippen LogP contribution in [0.25, 0.3) is 11.3 Å². The van der Waals surface area contributed by atoms with Crippen LogP contribution in [-0.4, -0.2) is 42.4 Å². The molecule has 0 aliphatic heterocycles. The predicted octanol–water partition coefficient (Wildman–Crippen LogP) is 6.65. The number of amides is 1. The largest absolute Gasteiger partial charge is 0.495 e. The maximum Gasteiger partial charge on any atom is 0.251 e. The molecule has 46 heavy (non-hydrogen) atoms. The standard InChI is InChI=1S/C34H33F5N4O3/c1-5-9-41-16-20-10-19(12-29(46-4)31(20)40)33(44)42-17-23(18-7-6-8-21(35)11-18)28-14-24(34(2,3)45)30(39)32(43-28)22-13-26(37)27(38)15-25(22)36/h6-8,10-16,23,45H,5,9,17,40H2,1-4H3,(H,42,44). The molecule has 1 aromatic heterocycles. The Morgan fingerprint density at radius 1 is 1.07 bits per heavy atom. The van der Waals surface area contributed by atoms with E-state index in [1.165, 1.54) is 63.6 Å². The molecule has 1 unspecified atom stereocenters. The summed E-state index contributed by atoms with van der Waals surface area (Å²) in [4.78, 5) is 22.0. The van der Waals surface area contributed by atoms with Crippen molar-refractivity contribution in [3.63, 3.8) is 0 Å². The first-order valence-electron chi connectivity index (χ1n) is 14.3. The van der Waals surface area contributed by atoms with Crippen LogP contribution < -0.4 is 15.8 Å². The third kappa shape index (κ3) is 7.51. The summed E-state index contributed by atoms with van der Waals surface area (Å²) in [6.07, 6.45) is 2.33.